The number of aryl methyl sites for hydroxylation is 1. The number of anilines is 1. The lowest BCUT2D eigenvalue weighted by molar-refractivity contribution is -0.929. The molecule has 1 heterocycles. The van der Waals surface area contributed by atoms with E-state index in [-0.39, 0.29) is 11.9 Å². The fourth-order valence-corrected chi connectivity index (χ4v) is 3.21. The van der Waals surface area contributed by atoms with Gasteiger partial charge in [-0.3, -0.25) is 4.79 Å². The van der Waals surface area contributed by atoms with E-state index >= 15 is 0 Å². The average molecular weight is 346 g/mol. The van der Waals surface area contributed by atoms with Crippen molar-refractivity contribution in [3.63, 3.8) is 0 Å². The lowest BCUT2D eigenvalue weighted by Crippen LogP contribution is -3.15. The van der Waals surface area contributed by atoms with Crippen LogP contribution in [0.25, 0.3) is 0 Å². The molecule has 1 aliphatic rings. The van der Waals surface area contributed by atoms with Crippen LogP contribution in [-0.2, 0) is 9.53 Å². The summed E-state index contributed by atoms with van der Waals surface area (Å²) in [6.07, 6.45) is 0. The first-order valence-corrected chi connectivity index (χ1v) is 8.57. The molecule has 0 spiro atoms. The topological polar surface area (TPSA) is 42.8 Å². The van der Waals surface area contributed by atoms with Crippen LogP contribution < -0.4 is 10.2 Å². The average Bonchev–Trinajstić information content (AvgIpc) is 2.60. The molecule has 1 fully saturated rings. The summed E-state index contributed by atoms with van der Waals surface area (Å²) in [6, 6.07) is 15.3. The number of amides is 1. The Labute approximate surface area is 147 Å². The molecule has 1 atom stereocenters. The smallest absolute Gasteiger partial charge is 0.287 e. The molecule has 2 aromatic rings. The summed E-state index contributed by atoms with van der Waals surface area (Å²) in [5.41, 5.74) is 2.74. The normalized spacial score (nSPS) is 16.6. The molecule has 1 aliphatic heterocycles. The highest BCUT2D eigenvalue weighted by molar-refractivity contribution is 6.31. The molecule has 126 valence electrons. The maximum Gasteiger partial charge on any atom is 0.287 e. The van der Waals surface area contributed by atoms with E-state index in [4.69, 9.17) is 16.3 Å². The quantitative estimate of drug-likeness (QED) is 0.892. The third-order valence-electron chi connectivity index (χ3n) is 4.38. The van der Waals surface area contributed by atoms with Gasteiger partial charge in [0.05, 0.1) is 13.2 Å². The fourth-order valence-electron chi connectivity index (χ4n) is 3.03. The van der Waals surface area contributed by atoms with Crippen molar-refractivity contribution >= 4 is 23.2 Å². The Hall–Kier alpha value is -1.88. The predicted molar refractivity (Wildman–Crippen MR) is 95.5 cm³/mol. The van der Waals surface area contributed by atoms with Crippen LogP contribution in [0.4, 0.5) is 5.69 Å². The Bertz CT molecular complexity index is 700. The lowest BCUT2D eigenvalue weighted by atomic mass is 10.0. The summed E-state index contributed by atoms with van der Waals surface area (Å²) in [7, 11) is 0. The van der Waals surface area contributed by atoms with Crippen molar-refractivity contribution in [1.29, 1.82) is 0 Å². The molecule has 0 saturated carbocycles. The molecule has 0 aromatic heterocycles. The van der Waals surface area contributed by atoms with E-state index in [2.05, 4.69) is 5.32 Å². The highest BCUT2D eigenvalue weighted by Crippen LogP contribution is 2.21. The van der Waals surface area contributed by atoms with Crippen LogP contribution in [0.1, 0.15) is 17.2 Å². The van der Waals surface area contributed by atoms with Crippen molar-refractivity contribution in [2.75, 3.05) is 31.6 Å². The molecule has 5 heteroatoms. The number of rotatable bonds is 4. The summed E-state index contributed by atoms with van der Waals surface area (Å²) < 4.78 is 5.44. The van der Waals surface area contributed by atoms with E-state index < -0.39 is 0 Å². The second-order valence-electron chi connectivity index (χ2n) is 6.07. The van der Waals surface area contributed by atoms with Crippen LogP contribution in [0.15, 0.2) is 48.5 Å². The van der Waals surface area contributed by atoms with Crippen LogP contribution in [0.3, 0.4) is 0 Å². The van der Waals surface area contributed by atoms with Crippen molar-refractivity contribution in [3.8, 4) is 0 Å². The van der Waals surface area contributed by atoms with Gasteiger partial charge in [-0.1, -0.05) is 48.0 Å². The van der Waals surface area contributed by atoms with Crippen molar-refractivity contribution in [3.05, 3.63) is 64.7 Å². The first-order valence-electron chi connectivity index (χ1n) is 8.19. The van der Waals surface area contributed by atoms with Crippen LogP contribution in [0.2, 0.25) is 5.02 Å². The maximum absolute atomic E-state index is 13.0. The molecule has 4 nitrogen and oxygen atoms in total. The maximum atomic E-state index is 13.0. The number of morpholine rings is 1. The Balaban J connectivity index is 1.84. The minimum atomic E-state index is -0.254. The molecular formula is C19H22ClN2O2+. The third kappa shape index (κ3) is 3.96. The SMILES string of the molecule is Cc1ccc(NC(=O)[C@@H](c2ccccc2)[NH+]2CCOCC2)cc1Cl. The molecule has 0 radical (unpaired) electrons. The van der Waals surface area contributed by atoms with E-state index in [1.807, 2.05) is 49.4 Å². The molecule has 24 heavy (non-hydrogen) atoms. The molecule has 0 aliphatic carbocycles. The largest absolute Gasteiger partial charge is 0.370 e. The summed E-state index contributed by atoms with van der Waals surface area (Å²) in [4.78, 5) is 14.2. The summed E-state index contributed by atoms with van der Waals surface area (Å²) in [6.45, 7) is 4.95. The van der Waals surface area contributed by atoms with Crippen LogP contribution >= 0.6 is 11.6 Å². The van der Waals surface area contributed by atoms with Gasteiger partial charge < -0.3 is 15.0 Å². The monoisotopic (exact) mass is 345 g/mol. The van der Waals surface area contributed by atoms with Gasteiger partial charge in [0, 0.05) is 16.3 Å². The standard InChI is InChI=1S/C19H21ClN2O2/c1-14-7-8-16(13-17(14)20)21-19(23)18(15-5-3-2-4-6-15)22-9-11-24-12-10-22/h2-8,13,18H,9-12H2,1H3,(H,21,23)/p+1/t18-/m1/s1. The minimum absolute atomic E-state index is 0.0157. The van der Waals surface area contributed by atoms with Gasteiger partial charge in [-0.15, -0.1) is 0 Å². The first kappa shape index (κ1) is 17.0. The number of hydrogen-bond donors (Lipinski definition) is 2. The number of hydrogen-bond acceptors (Lipinski definition) is 2. The number of nitrogens with one attached hydrogen (secondary N) is 2. The zero-order valence-electron chi connectivity index (χ0n) is 13.7. The van der Waals surface area contributed by atoms with Crippen molar-refractivity contribution in [2.24, 2.45) is 0 Å². The Morgan fingerprint density at radius 3 is 2.54 bits per heavy atom. The second kappa shape index (κ2) is 7.79. The molecule has 1 saturated heterocycles. The Morgan fingerprint density at radius 1 is 1.17 bits per heavy atom. The number of halogens is 1. The number of carbonyl (C=O) groups excluding carboxylic acids is 1. The Morgan fingerprint density at radius 2 is 1.88 bits per heavy atom. The zero-order valence-corrected chi connectivity index (χ0v) is 14.5. The van der Waals surface area contributed by atoms with E-state index in [1.54, 1.807) is 6.07 Å². The third-order valence-corrected chi connectivity index (χ3v) is 4.78. The predicted octanol–water partition coefficient (Wildman–Crippen LogP) is 2.24. The summed E-state index contributed by atoms with van der Waals surface area (Å²) >= 11 is 6.17. The molecule has 2 aromatic carbocycles. The van der Waals surface area contributed by atoms with Gasteiger partial charge >= 0.3 is 0 Å². The van der Waals surface area contributed by atoms with E-state index in [1.165, 1.54) is 4.90 Å². The molecule has 0 unspecified atom stereocenters. The van der Waals surface area contributed by atoms with E-state index in [9.17, 15) is 4.79 Å². The summed E-state index contributed by atoms with van der Waals surface area (Å²) in [5.74, 6) is -0.0157. The van der Waals surface area contributed by atoms with Crippen molar-refractivity contribution in [1.82, 2.24) is 0 Å². The van der Waals surface area contributed by atoms with Gasteiger partial charge in [0.2, 0.25) is 0 Å². The Kier molecular flexibility index (Phi) is 5.51. The first-order chi connectivity index (χ1) is 11.6. The number of ether oxygens (including phenoxy) is 1. The van der Waals surface area contributed by atoms with E-state index in [0.717, 1.165) is 29.9 Å². The highest BCUT2D eigenvalue weighted by Gasteiger charge is 2.32. The lowest BCUT2D eigenvalue weighted by Gasteiger charge is -2.30. The van der Waals surface area contributed by atoms with Crippen molar-refractivity contribution < 1.29 is 14.4 Å². The van der Waals surface area contributed by atoms with Gasteiger partial charge in [0.1, 0.15) is 13.1 Å². The number of carbonyl (C=O) groups is 1. The second-order valence-corrected chi connectivity index (χ2v) is 6.47. The molecular weight excluding hydrogens is 324 g/mol. The van der Waals surface area contributed by atoms with Gasteiger partial charge in [-0.05, 0) is 24.6 Å². The van der Waals surface area contributed by atoms with Gasteiger partial charge in [-0.2, -0.15) is 0 Å². The molecule has 1 amide bonds. The minimum Gasteiger partial charge on any atom is -0.370 e. The van der Waals surface area contributed by atoms with Crippen LogP contribution in [0.5, 0.6) is 0 Å². The fraction of sp³-hybridized carbons (Fsp3) is 0.316. The van der Waals surface area contributed by atoms with Crippen LogP contribution in [-0.4, -0.2) is 32.2 Å². The van der Waals surface area contributed by atoms with Gasteiger partial charge in [0.25, 0.3) is 5.91 Å². The molecule has 3 rings (SSSR count). The number of benzene rings is 2. The molecule has 0 bridgehead atoms. The van der Waals surface area contributed by atoms with Crippen LogP contribution in [0, 0.1) is 6.92 Å². The van der Waals surface area contributed by atoms with E-state index in [0.29, 0.717) is 18.2 Å². The molecule has 2 N–H and O–H groups in total. The zero-order chi connectivity index (χ0) is 16.9. The van der Waals surface area contributed by atoms with Crippen molar-refractivity contribution in [2.45, 2.75) is 13.0 Å². The van der Waals surface area contributed by atoms with Gasteiger partial charge in [-0.25, -0.2) is 0 Å². The summed E-state index contributed by atoms with van der Waals surface area (Å²) in [5, 5.41) is 3.68. The highest BCUT2D eigenvalue weighted by atomic mass is 35.5. The van der Waals surface area contributed by atoms with Gasteiger partial charge in [0.15, 0.2) is 6.04 Å². The number of quaternary nitrogens is 1.